The monoisotopic (exact) mass is 344 g/mol. The number of carbonyl (C=O) groups excluding carboxylic acids is 1. The quantitative estimate of drug-likeness (QED) is 0.780. The smallest absolute Gasteiger partial charge is 0.237 e. The maximum atomic E-state index is 12.0. The van der Waals surface area contributed by atoms with Gasteiger partial charge in [0, 0.05) is 29.8 Å². The van der Waals surface area contributed by atoms with Gasteiger partial charge in [0.15, 0.2) is 0 Å². The number of halogens is 2. The largest absolute Gasteiger partial charge is 0.381 e. The maximum Gasteiger partial charge on any atom is 0.237 e. The number of nitrogens with two attached hydrogens (primary N) is 1. The van der Waals surface area contributed by atoms with E-state index in [0.29, 0.717) is 29.8 Å². The van der Waals surface area contributed by atoms with Crippen LogP contribution in [0.2, 0.25) is 10.0 Å². The molecule has 1 unspecified atom stereocenters. The summed E-state index contributed by atoms with van der Waals surface area (Å²) in [5.41, 5.74) is 7.06. The van der Waals surface area contributed by atoms with Crippen LogP contribution in [0.5, 0.6) is 0 Å². The van der Waals surface area contributed by atoms with Crippen LogP contribution in [-0.4, -0.2) is 31.7 Å². The lowest BCUT2D eigenvalue weighted by Gasteiger charge is -2.26. The third kappa shape index (κ3) is 5.13. The first-order valence-electron chi connectivity index (χ1n) is 7.63. The van der Waals surface area contributed by atoms with Gasteiger partial charge in [-0.15, -0.1) is 0 Å². The second kappa shape index (κ2) is 8.73. The highest BCUT2D eigenvalue weighted by Crippen LogP contribution is 2.22. The van der Waals surface area contributed by atoms with E-state index >= 15 is 0 Å². The summed E-state index contributed by atoms with van der Waals surface area (Å²) in [7, 11) is 0. The molecule has 1 aliphatic rings. The van der Waals surface area contributed by atoms with Crippen LogP contribution in [0.1, 0.15) is 24.8 Å². The molecular weight excluding hydrogens is 323 g/mol. The minimum atomic E-state index is -0.442. The van der Waals surface area contributed by atoms with Crippen LogP contribution in [0.3, 0.4) is 0 Å². The van der Waals surface area contributed by atoms with Crippen LogP contribution >= 0.6 is 23.2 Å². The third-order valence-electron chi connectivity index (χ3n) is 4.01. The molecule has 3 N–H and O–H groups in total. The van der Waals surface area contributed by atoms with Gasteiger partial charge >= 0.3 is 0 Å². The molecule has 0 spiro atoms. The van der Waals surface area contributed by atoms with Crippen molar-refractivity contribution >= 4 is 29.1 Å². The molecule has 2 rings (SSSR count). The number of rotatable bonds is 6. The number of ether oxygens (including phenoxy) is 1. The Kier molecular flexibility index (Phi) is 6.96. The van der Waals surface area contributed by atoms with E-state index < -0.39 is 6.04 Å². The number of hydrogen-bond acceptors (Lipinski definition) is 3. The molecule has 22 heavy (non-hydrogen) atoms. The Morgan fingerprint density at radius 3 is 2.77 bits per heavy atom. The lowest BCUT2D eigenvalue weighted by atomic mass is 9.92. The second-order valence-electron chi connectivity index (χ2n) is 5.61. The zero-order chi connectivity index (χ0) is 15.9. The SMILES string of the molecule is NC(C(=O)NCCCc1ccc(Cl)cc1Cl)C1CCOCC1. The van der Waals surface area contributed by atoms with Gasteiger partial charge in [0.2, 0.25) is 5.91 Å². The van der Waals surface area contributed by atoms with Crippen LogP contribution < -0.4 is 11.1 Å². The summed E-state index contributed by atoms with van der Waals surface area (Å²) in [6, 6.07) is 5.03. The summed E-state index contributed by atoms with van der Waals surface area (Å²) >= 11 is 12.0. The molecule has 122 valence electrons. The van der Waals surface area contributed by atoms with E-state index in [2.05, 4.69) is 5.32 Å². The Bertz CT molecular complexity index is 505. The lowest BCUT2D eigenvalue weighted by Crippen LogP contribution is -2.47. The molecule has 0 aliphatic carbocycles. The Labute approximate surface area is 141 Å². The van der Waals surface area contributed by atoms with Gasteiger partial charge in [0.25, 0.3) is 0 Å². The van der Waals surface area contributed by atoms with Gasteiger partial charge in [-0.3, -0.25) is 4.79 Å². The van der Waals surface area contributed by atoms with Gasteiger partial charge in [-0.1, -0.05) is 29.3 Å². The fourth-order valence-electron chi connectivity index (χ4n) is 2.62. The van der Waals surface area contributed by atoms with E-state index in [4.69, 9.17) is 33.7 Å². The van der Waals surface area contributed by atoms with Crippen LogP contribution in [0, 0.1) is 5.92 Å². The molecule has 1 amide bonds. The van der Waals surface area contributed by atoms with Crippen LogP contribution in [-0.2, 0) is 16.0 Å². The van der Waals surface area contributed by atoms with Gasteiger partial charge < -0.3 is 15.8 Å². The Hall–Kier alpha value is -0.810. The topological polar surface area (TPSA) is 64.4 Å². The first kappa shape index (κ1) is 17.5. The van der Waals surface area contributed by atoms with Crippen molar-refractivity contribution < 1.29 is 9.53 Å². The predicted molar refractivity (Wildman–Crippen MR) is 89.3 cm³/mol. The van der Waals surface area contributed by atoms with Crippen molar-refractivity contribution in [3.05, 3.63) is 33.8 Å². The highest BCUT2D eigenvalue weighted by molar-refractivity contribution is 6.35. The molecule has 1 aromatic rings. The molecular formula is C16H22Cl2N2O2. The number of nitrogens with one attached hydrogen (secondary N) is 1. The minimum Gasteiger partial charge on any atom is -0.381 e. The predicted octanol–water partition coefficient (Wildman–Crippen LogP) is 2.80. The Morgan fingerprint density at radius 2 is 2.09 bits per heavy atom. The molecule has 0 bridgehead atoms. The number of amides is 1. The maximum absolute atomic E-state index is 12.0. The van der Waals surface area contributed by atoms with Crippen LogP contribution in [0.4, 0.5) is 0 Å². The fourth-order valence-corrected chi connectivity index (χ4v) is 3.12. The van der Waals surface area contributed by atoms with Crippen LogP contribution in [0.15, 0.2) is 18.2 Å². The highest BCUT2D eigenvalue weighted by Gasteiger charge is 2.26. The van der Waals surface area contributed by atoms with Crippen molar-refractivity contribution in [2.45, 2.75) is 31.7 Å². The van der Waals surface area contributed by atoms with Gasteiger partial charge in [-0.2, -0.15) is 0 Å². The summed E-state index contributed by atoms with van der Waals surface area (Å²) < 4.78 is 5.29. The van der Waals surface area contributed by atoms with Crippen molar-refractivity contribution in [1.29, 1.82) is 0 Å². The normalized spacial score (nSPS) is 17.2. The molecule has 1 atom stereocenters. The summed E-state index contributed by atoms with van der Waals surface area (Å²) in [4.78, 5) is 12.0. The molecule has 0 saturated carbocycles. The first-order chi connectivity index (χ1) is 10.6. The fraction of sp³-hybridized carbons (Fsp3) is 0.562. The van der Waals surface area contributed by atoms with E-state index in [0.717, 1.165) is 31.2 Å². The average Bonchev–Trinajstić information content (AvgIpc) is 2.53. The molecule has 6 heteroatoms. The summed E-state index contributed by atoms with van der Waals surface area (Å²) in [5.74, 6) is 0.147. The minimum absolute atomic E-state index is 0.0749. The van der Waals surface area contributed by atoms with Crippen molar-refractivity contribution in [2.75, 3.05) is 19.8 Å². The molecule has 1 aromatic carbocycles. The summed E-state index contributed by atoms with van der Waals surface area (Å²) in [6.07, 6.45) is 3.32. The molecule has 1 fully saturated rings. The zero-order valence-electron chi connectivity index (χ0n) is 12.5. The van der Waals surface area contributed by atoms with Crippen molar-refractivity contribution in [3.63, 3.8) is 0 Å². The highest BCUT2D eigenvalue weighted by atomic mass is 35.5. The number of aryl methyl sites for hydroxylation is 1. The Balaban J connectivity index is 1.70. The molecule has 1 aliphatic heterocycles. The zero-order valence-corrected chi connectivity index (χ0v) is 14.0. The van der Waals surface area contributed by atoms with E-state index in [1.165, 1.54) is 0 Å². The van der Waals surface area contributed by atoms with E-state index in [-0.39, 0.29) is 11.8 Å². The number of hydrogen-bond donors (Lipinski definition) is 2. The molecule has 1 heterocycles. The van der Waals surface area contributed by atoms with E-state index in [9.17, 15) is 4.79 Å². The molecule has 0 radical (unpaired) electrons. The molecule has 4 nitrogen and oxygen atoms in total. The second-order valence-corrected chi connectivity index (χ2v) is 6.45. The molecule has 1 saturated heterocycles. The van der Waals surface area contributed by atoms with Gasteiger partial charge in [-0.25, -0.2) is 0 Å². The van der Waals surface area contributed by atoms with Crippen molar-refractivity contribution in [1.82, 2.24) is 5.32 Å². The van der Waals surface area contributed by atoms with Crippen molar-refractivity contribution in [2.24, 2.45) is 11.7 Å². The van der Waals surface area contributed by atoms with E-state index in [1.54, 1.807) is 6.07 Å². The Morgan fingerprint density at radius 1 is 1.36 bits per heavy atom. The number of carbonyl (C=O) groups is 1. The van der Waals surface area contributed by atoms with E-state index in [1.807, 2.05) is 12.1 Å². The van der Waals surface area contributed by atoms with Crippen LogP contribution in [0.25, 0.3) is 0 Å². The first-order valence-corrected chi connectivity index (χ1v) is 8.38. The molecule has 0 aromatic heterocycles. The van der Waals surface area contributed by atoms with Gasteiger partial charge in [0.05, 0.1) is 6.04 Å². The average molecular weight is 345 g/mol. The van der Waals surface area contributed by atoms with Crippen molar-refractivity contribution in [3.8, 4) is 0 Å². The van der Waals surface area contributed by atoms with Gasteiger partial charge in [0.1, 0.15) is 0 Å². The number of benzene rings is 1. The van der Waals surface area contributed by atoms with Gasteiger partial charge in [-0.05, 0) is 49.3 Å². The lowest BCUT2D eigenvalue weighted by molar-refractivity contribution is -0.124. The summed E-state index contributed by atoms with van der Waals surface area (Å²) in [6.45, 7) is 1.98. The third-order valence-corrected chi connectivity index (χ3v) is 4.60. The summed E-state index contributed by atoms with van der Waals surface area (Å²) in [5, 5.41) is 4.20. The standard InChI is InChI=1S/C16H22Cl2N2O2/c17-13-4-3-11(14(18)10-13)2-1-7-20-16(21)15(19)12-5-8-22-9-6-12/h3-4,10,12,15H,1-2,5-9,19H2,(H,20,21).